The van der Waals surface area contributed by atoms with Gasteiger partial charge >= 0.3 is 6.03 Å². The van der Waals surface area contributed by atoms with E-state index in [2.05, 4.69) is 27.4 Å². The van der Waals surface area contributed by atoms with Crippen LogP contribution in [0.1, 0.15) is 54.9 Å². The molecule has 3 aromatic rings. The van der Waals surface area contributed by atoms with Crippen molar-refractivity contribution in [1.29, 1.82) is 0 Å². The number of amides is 3. The number of urea groups is 1. The summed E-state index contributed by atoms with van der Waals surface area (Å²) in [6.07, 6.45) is 7.30. The lowest BCUT2D eigenvalue weighted by Crippen LogP contribution is -2.50. The van der Waals surface area contributed by atoms with Crippen LogP contribution in [0.5, 0.6) is 11.6 Å². The molecule has 45 heavy (non-hydrogen) atoms. The third-order valence-corrected chi connectivity index (χ3v) is 9.08. The first-order valence-electron chi connectivity index (χ1n) is 14.1. The summed E-state index contributed by atoms with van der Waals surface area (Å²) < 4.78 is 43.2. The topological polar surface area (TPSA) is 144 Å². The SMILES string of the molecule is CCCCC1CC(NC(=O)Nc2cc(C(N)=O)c(F)cc2Cl)CCN1Cc1ccc(Oc2ccc(S(C)(=O)=O)cc2Cl)nc1.Cl. The monoisotopic (exact) mass is 701 g/mol. The molecule has 0 bridgehead atoms. The number of likely N-dealkylation sites (tertiary alicyclic amines) is 1. The number of primary amides is 1. The second-order valence-corrected chi connectivity index (χ2v) is 13.6. The van der Waals surface area contributed by atoms with E-state index in [1.165, 1.54) is 18.2 Å². The molecule has 1 aliphatic heterocycles. The minimum absolute atomic E-state index is 0. The normalized spacial score (nSPS) is 16.8. The quantitative estimate of drug-likeness (QED) is 0.205. The van der Waals surface area contributed by atoms with E-state index in [0.717, 1.165) is 56.2 Å². The third kappa shape index (κ3) is 9.91. The number of ether oxygens (including phenoxy) is 1. The summed E-state index contributed by atoms with van der Waals surface area (Å²) in [7, 11) is -3.39. The fraction of sp³-hybridized carbons (Fsp3) is 0.367. The van der Waals surface area contributed by atoms with E-state index >= 15 is 0 Å². The van der Waals surface area contributed by atoms with Crippen LogP contribution < -0.4 is 21.1 Å². The molecule has 2 heterocycles. The van der Waals surface area contributed by atoms with Gasteiger partial charge in [-0.15, -0.1) is 12.4 Å². The number of sulfone groups is 1. The molecule has 10 nitrogen and oxygen atoms in total. The van der Waals surface area contributed by atoms with Crippen LogP contribution in [-0.4, -0.2) is 55.1 Å². The largest absolute Gasteiger partial charge is 0.437 e. The maximum absolute atomic E-state index is 13.9. The fourth-order valence-electron chi connectivity index (χ4n) is 5.06. The number of anilines is 1. The fourth-order valence-corrected chi connectivity index (χ4v) is 6.19. The first-order valence-corrected chi connectivity index (χ1v) is 16.7. The van der Waals surface area contributed by atoms with Crippen LogP contribution in [0, 0.1) is 5.82 Å². The van der Waals surface area contributed by atoms with Crippen LogP contribution >= 0.6 is 35.6 Å². The first-order chi connectivity index (χ1) is 20.8. The van der Waals surface area contributed by atoms with Crippen molar-refractivity contribution < 1.29 is 27.1 Å². The Morgan fingerprint density at radius 3 is 2.53 bits per heavy atom. The zero-order valence-corrected chi connectivity index (χ0v) is 27.8. The molecule has 1 aliphatic rings. The molecule has 2 atom stereocenters. The van der Waals surface area contributed by atoms with Crippen LogP contribution in [0.2, 0.25) is 10.0 Å². The number of aromatic nitrogens is 1. The van der Waals surface area contributed by atoms with Crippen molar-refractivity contribution in [2.24, 2.45) is 5.73 Å². The highest BCUT2D eigenvalue weighted by atomic mass is 35.5. The summed E-state index contributed by atoms with van der Waals surface area (Å²) in [5.74, 6) is -1.20. The van der Waals surface area contributed by atoms with Gasteiger partial charge in [0.05, 0.1) is 26.2 Å². The molecular formula is C30H35Cl3FN5O5S. The lowest BCUT2D eigenvalue weighted by Gasteiger charge is -2.40. The molecule has 244 valence electrons. The number of piperidine rings is 1. The van der Waals surface area contributed by atoms with Gasteiger partial charge in [0.25, 0.3) is 5.91 Å². The maximum atomic E-state index is 13.9. The van der Waals surface area contributed by atoms with Crippen LogP contribution in [0.3, 0.4) is 0 Å². The Morgan fingerprint density at radius 1 is 1.16 bits per heavy atom. The van der Waals surface area contributed by atoms with Gasteiger partial charge in [0.1, 0.15) is 11.6 Å². The van der Waals surface area contributed by atoms with E-state index in [-0.39, 0.29) is 50.7 Å². The highest BCUT2D eigenvalue weighted by molar-refractivity contribution is 7.90. The molecule has 4 N–H and O–H groups in total. The van der Waals surface area contributed by atoms with Crippen molar-refractivity contribution in [3.05, 3.63) is 75.7 Å². The van der Waals surface area contributed by atoms with Crippen molar-refractivity contribution in [2.45, 2.75) is 62.6 Å². The number of benzene rings is 2. The molecule has 0 spiro atoms. The van der Waals surface area contributed by atoms with E-state index in [1.54, 1.807) is 12.3 Å². The minimum Gasteiger partial charge on any atom is -0.437 e. The van der Waals surface area contributed by atoms with Gasteiger partial charge in [-0.3, -0.25) is 9.69 Å². The molecule has 0 saturated carbocycles. The van der Waals surface area contributed by atoms with Gasteiger partial charge in [-0.05, 0) is 55.2 Å². The van der Waals surface area contributed by atoms with Crippen LogP contribution in [0.25, 0.3) is 0 Å². The molecule has 2 aromatic carbocycles. The minimum atomic E-state index is -3.39. The second-order valence-electron chi connectivity index (χ2n) is 10.7. The van der Waals surface area contributed by atoms with E-state index in [0.29, 0.717) is 24.6 Å². The Kier molecular flexibility index (Phi) is 12.8. The van der Waals surface area contributed by atoms with Crippen molar-refractivity contribution in [2.75, 3.05) is 18.1 Å². The third-order valence-electron chi connectivity index (χ3n) is 7.36. The second kappa shape index (κ2) is 15.9. The molecule has 1 fully saturated rings. The van der Waals surface area contributed by atoms with Gasteiger partial charge in [0.15, 0.2) is 9.84 Å². The van der Waals surface area contributed by atoms with Crippen molar-refractivity contribution in [1.82, 2.24) is 15.2 Å². The summed E-state index contributed by atoms with van der Waals surface area (Å²) in [5.41, 5.74) is 5.92. The van der Waals surface area contributed by atoms with E-state index in [4.69, 9.17) is 33.7 Å². The number of halogens is 4. The number of nitrogens with one attached hydrogen (secondary N) is 2. The van der Waals surface area contributed by atoms with Crippen LogP contribution in [0.15, 0.2) is 53.6 Å². The zero-order valence-electron chi connectivity index (χ0n) is 24.7. The van der Waals surface area contributed by atoms with E-state index in [9.17, 15) is 22.4 Å². The molecule has 1 aromatic heterocycles. The molecule has 1 saturated heterocycles. The highest BCUT2D eigenvalue weighted by Crippen LogP contribution is 2.31. The number of rotatable bonds is 11. The van der Waals surface area contributed by atoms with Gasteiger partial charge in [-0.1, -0.05) is 49.0 Å². The predicted octanol–water partition coefficient (Wildman–Crippen LogP) is 6.59. The average molecular weight is 703 g/mol. The Bertz CT molecular complexity index is 1630. The Labute approximate surface area is 278 Å². The number of nitrogens with two attached hydrogens (primary N) is 1. The van der Waals surface area contributed by atoms with Gasteiger partial charge in [0, 0.05) is 43.7 Å². The standard InChI is InChI=1S/C30H34Cl2FN5O5S.ClH/c1-3-4-5-20-12-19(36-30(40)37-26-14-22(29(34)39)25(33)15-23(26)31)10-11-38(20)17-18-6-9-28(35-16-18)43-27-8-7-21(13-24(27)32)44(2,41)42;/h6-9,13-16,19-20H,3-5,10-12,17H2,1-2H3,(H2,34,39)(H2,36,37,40);1H. The van der Waals surface area contributed by atoms with Crippen molar-refractivity contribution in [3.8, 4) is 11.6 Å². The van der Waals surface area contributed by atoms with Crippen LogP contribution in [0.4, 0.5) is 14.9 Å². The lowest BCUT2D eigenvalue weighted by atomic mass is 9.93. The molecule has 0 aliphatic carbocycles. The summed E-state index contributed by atoms with van der Waals surface area (Å²) in [6.45, 7) is 3.53. The van der Waals surface area contributed by atoms with E-state index in [1.807, 2.05) is 6.07 Å². The number of carbonyl (C=O) groups is 2. The molecular weight excluding hydrogens is 668 g/mol. The summed E-state index contributed by atoms with van der Waals surface area (Å²) in [6, 6.07) is 9.60. The van der Waals surface area contributed by atoms with Gasteiger partial charge in [0.2, 0.25) is 5.88 Å². The molecule has 4 rings (SSSR count). The number of hydrogen-bond acceptors (Lipinski definition) is 7. The molecule has 0 radical (unpaired) electrons. The average Bonchev–Trinajstić information content (AvgIpc) is 2.95. The van der Waals surface area contributed by atoms with E-state index < -0.39 is 27.6 Å². The molecule has 15 heteroatoms. The smallest absolute Gasteiger partial charge is 0.319 e. The number of pyridine rings is 1. The Hall–Kier alpha value is -3.16. The van der Waals surface area contributed by atoms with Crippen LogP contribution in [-0.2, 0) is 16.4 Å². The number of carbonyl (C=O) groups excluding carboxylic acids is 2. The van der Waals surface area contributed by atoms with Gasteiger partial charge < -0.3 is 21.1 Å². The summed E-state index contributed by atoms with van der Waals surface area (Å²) >= 11 is 12.3. The number of unbranched alkanes of at least 4 members (excludes halogenated alkanes) is 1. The Morgan fingerprint density at radius 2 is 1.91 bits per heavy atom. The van der Waals surface area contributed by atoms with Crippen molar-refractivity contribution >= 4 is 63.1 Å². The highest BCUT2D eigenvalue weighted by Gasteiger charge is 2.29. The lowest BCUT2D eigenvalue weighted by molar-refractivity contribution is 0.0996. The van der Waals surface area contributed by atoms with Crippen molar-refractivity contribution in [3.63, 3.8) is 0 Å². The predicted molar refractivity (Wildman–Crippen MR) is 175 cm³/mol. The Balaban J connectivity index is 0.00000552. The van der Waals surface area contributed by atoms with Gasteiger partial charge in [-0.2, -0.15) is 0 Å². The molecule has 3 amide bonds. The zero-order chi connectivity index (χ0) is 32.0. The summed E-state index contributed by atoms with van der Waals surface area (Å²) in [5, 5.41) is 5.70. The maximum Gasteiger partial charge on any atom is 0.319 e. The molecule has 2 unspecified atom stereocenters. The number of hydrogen-bond donors (Lipinski definition) is 3. The first kappa shape index (κ1) is 36.3. The number of nitrogens with zero attached hydrogens (tertiary/aromatic N) is 2. The summed E-state index contributed by atoms with van der Waals surface area (Å²) in [4.78, 5) is 31.2. The van der Waals surface area contributed by atoms with Gasteiger partial charge in [-0.25, -0.2) is 22.6 Å².